The van der Waals surface area contributed by atoms with Crippen molar-refractivity contribution in [1.82, 2.24) is 19.9 Å². The van der Waals surface area contributed by atoms with E-state index in [1.54, 1.807) is 30.5 Å². The number of benzene rings is 2. The molecule has 2 heterocycles. The smallest absolute Gasteiger partial charge is 0.210 e. The molecule has 0 aliphatic rings. The second kappa shape index (κ2) is 10.3. The highest BCUT2D eigenvalue weighted by atomic mass is 19.1. The van der Waals surface area contributed by atoms with Crippen LogP contribution in [0, 0.1) is 0 Å². The van der Waals surface area contributed by atoms with E-state index in [2.05, 4.69) is 20.6 Å². The molecule has 7 nitrogen and oxygen atoms in total. The number of aromatic nitrogens is 3. The van der Waals surface area contributed by atoms with Gasteiger partial charge in [0, 0.05) is 37.2 Å². The number of nitrogens with one attached hydrogen (secondary N) is 2. The number of anilines is 2. The first kappa shape index (κ1) is 21.8. The van der Waals surface area contributed by atoms with Crippen LogP contribution in [0.5, 0.6) is 11.5 Å². The highest BCUT2D eigenvalue weighted by molar-refractivity contribution is 6.32. The Morgan fingerprint density at radius 2 is 1.88 bits per heavy atom. The molecule has 0 unspecified atom stereocenters. The average Bonchev–Trinajstić information content (AvgIpc) is 3.14. The van der Waals surface area contributed by atoms with Crippen LogP contribution in [-0.4, -0.2) is 40.6 Å². The first-order valence-corrected chi connectivity index (χ1v) is 10.5. The SMILES string of the molecule is Bc1ccc(Nc2nc3cc(Oc4ccnc(CNCCCO)c4)ccc3n2CF)cc1. The number of rotatable bonds is 10. The van der Waals surface area contributed by atoms with Crippen LogP contribution < -0.4 is 20.8 Å². The van der Waals surface area contributed by atoms with E-state index in [4.69, 9.17) is 9.84 Å². The van der Waals surface area contributed by atoms with Crippen LogP contribution in [0.2, 0.25) is 0 Å². The molecule has 9 heteroatoms. The lowest BCUT2D eigenvalue weighted by Crippen LogP contribution is -2.16. The topological polar surface area (TPSA) is 84.2 Å². The molecular formula is C23H25BFN5O2. The van der Waals surface area contributed by atoms with Gasteiger partial charge < -0.3 is 20.5 Å². The number of hydrogen-bond donors (Lipinski definition) is 3. The quantitative estimate of drug-likeness (QED) is 0.264. The fraction of sp³-hybridized carbons (Fsp3) is 0.217. The Morgan fingerprint density at radius 3 is 2.66 bits per heavy atom. The zero-order chi connectivity index (χ0) is 22.3. The second-order valence-corrected chi connectivity index (χ2v) is 7.46. The van der Waals surface area contributed by atoms with Crippen molar-refractivity contribution in [2.45, 2.75) is 19.8 Å². The van der Waals surface area contributed by atoms with E-state index in [1.165, 1.54) is 4.57 Å². The standard InChI is InChI=1S/C23H25BFN5O2/c24-16-2-4-17(5-3-16)28-23-29-21-13-19(6-7-22(21)30(23)15-25)32-20-8-10-27-18(12-20)14-26-9-1-11-31/h2-8,10,12-13,26,31H,1,9,11,14-15,24H2,(H,28,29). The van der Waals surface area contributed by atoms with E-state index in [0.717, 1.165) is 23.4 Å². The van der Waals surface area contributed by atoms with Gasteiger partial charge in [-0.1, -0.05) is 17.6 Å². The summed E-state index contributed by atoms with van der Waals surface area (Å²) in [6.45, 7) is 0.773. The minimum Gasteiger partial charge on any atom is -0.457 e. The van der Waals surface area contributed by atoms with Crippen molar-refractivity contribution in [1.29, 1.82) is 0 Å². The van der Waals surface area contributed by atoms with Gasteiger partial charge in [0.05, 0.1) is 16.7 Å². The second-order valence-electron chi connectivity index (χ2n) is 7.46. The predicted molar refractivity (Wildman–Crippen MR) is 126 cm³/mol. The molecular weight excluding hydrogens is 408 g/mol. The first-order valence-electron chi connectivity index (χ1n) is 10.5. The van der Waals surface area contributed by atoms with Gasteiger partial charge in [0.1, 0.15) is 19.3 Å². The van der Waals surface area contributed by atoms with Gasteiger partial charge in [-0.05, 0) is 43.3 Å². The molecule has 4 aromatic rings. The fourth-order valence-electron chi connectivity index (χ4n) is 3.33. The lowest BCUT2D eigenvalue weighted by atomic mass is 9.96. The number of aliphatic hydroxyl groups excluding tert-OH is 1. The van der Waals surface area contributed by atoms with Gasteiger partial charge in [0.25, 0.3) is 0 Å². The van der Waals surface area contributed by atoms with E-state index >= 15 is 0 Å². The van der Waals surface area contributed by atoms with Crippen LogP contribution in [0.4, 0.5) is 16.0 Å². The number of fused-ring (bicyclic) bond motifs is 1. The maximum Gasteiger partial charge on any atom is 0.210 e. The molecule has 0 fully saturated rings. The van der Waals surface area contributed by atoms with Gasteiger partial charge in [-0.2, -0.15) is 0 Å². The van der Waals surface area contributed by atoms with E-state index in [-0.39, 0.29) is 6.61 Å². The number of nitrogens with zero attached hydrogens (tertiary/aromatic N) is 3. The van der Waals surface area contributed by atoms with Crippen molar-refractivity contribution in [3.05, 3.63) is 66.5 Å². The summed E-state index contributed by atoms with van der Waals surface area (Å²) >= 11 is 0. The molecule has 0 aliphatic heterocycles. The number of halogens is 1. The van der Waals surface area contributed by atoms with Crippen LogP contribution in [0.25, 0.3) is 11.0 Å². The van der Waals surface area contributed by atoms with Crippen molar-refractivity contribution < 1.29 is 14.2 Å². The van der Waals surface area contributed by atoms with Crippen molar-refractivity contribution in [3.8, 4) is 11.5 Å². The number of aliphatic hydroxyl groups is 1. The summed E-state index contributed by atoms with van der Waals surface area (Å²) in [4.78, 5) is 8.90. The molecule has 0 radical (unpaired) electrons. The van der Waals surface area contributed by atoms with Crippen molar-refractivity contribution in [3.63, 3.8) is 0 Å². The maximum atomic E-state index is 13.8. The third kappa shape index (κ3) is 5.24. The molecule has 0 saturated carbocycles. The maximum absolute atomic E-state index is 13.8. The van der Waals surface area contributed by atoms with Crippen molar-refractivity contribution in [2.24, 2.45) is 0 Å². The van der Waals surface area contributed by atoms with Gasteiger partial charge >= 0.3 is 0 Å². The van der Waals surface area contributed by atoms with Gasteiger partial charge in [0.2, 0.25) is 5.95 Å². The zero-order valence-electron chi connectivity index (χ0n) is 17.9. The molecule has 32 heavy (non-hydrogen) atoms. The monoisotopic (exact) mass is 433 g/mol. The fourth-order valence-corrected chi connectivity index (χ4v) is 3.33. The number of ether oxygens (including phenoxy) is 1. The van der Waals surface area contributed by atoms with E-state index in [0.29, 0.717) is 41.4 Å². The summed E-state index contributed by atoms with van der Waals surface area (Å²) in [6, 6.07) is 16.9. The molecule has 2 aromatic heterocycles. The summed E-state index contributed by atoms with van der Waals surface area (Å²) in [5.74, 6) is 1.69. The largest absolute Gasteiger partial charge is 0.457 e. The minimum atomic E-state index is -0.693. The highest BCUT2D eigenvalue weighted by Gasteiger charge is 2.12. The molecule has 0 atom stereocenters. The van der Waals surface area contributed by atoms with Gasteiger partial charge in [-0.25, -0.2) is 9.37 Å². The van der Waals surface area contributed by atoms with Gasteiger partial charge in [-0.15, -0.1) is 0 Å². The lowest BCUT2D eigenvalue weighted by Gasteiger charge is -2.09. The van der Waals surface area contributed by atoms with Gasteiger partial charge in [0.15, 0.2) is 6.80 Å². The molecule has 164 valence electrons. The molecule has 0 saturated heterocycles. The first-order chi connectivity index (χ1) is 15.7. The summed E-state index contributed by atoms with van der Waals surface area (Å²) in [7, 11) is 2.02. The minimum absolute atomic E-state index is 0.159. The Labute approximate surface area is 186 Å². The molecule has 4 rings (SSSR count). The molecule has 0 bridgehead atoms. The Morgan fingerprint density at radius 1 is 1.06 bits per heavy atom. The summed E-state index contributed by atoms with van der Waals surface area (Å²) < 4.78 is 21.3. The zero-order valence-corrected chi connectivity index (χ0v) is 17.9. The average molecular weight is 433 g/mol. The lowest BCUT2D eigenvalue weighted by molar-refractivity contribution is 0.286. The molecule has 0 spiro atoms. The third-order valence-corrected chi connectivity index (χ3v) is 4.99. The normalized spacial score (nSPS) is 11.1. The van der Waals surface area contributed by atoms with Crippen molar-refractivity contribution in [2.75, 3.05) is 18.5 Å². The Bertz CT molecular complexity index is 1180. The summed E-state index contributed by atoms with van der Waals surface area (Å²) in [6.07, 6.45) is 2.39. The Balaban J connectivity index is 1.51. The van der Waals surface area contributed by atoms with E-state index in [9.17, 15) is 4.39 Å². The number of imidazole rings is 1. The number of pyridine rings is 1. The van der Waals surface area contributed by atoms with E-state index < -0.39 is 6.80 Å². The summed E-state index contributed by atoms with van der Waals surface area (Å²) in [5, 5.41) is 15.3. The van der Waals surface area contributed by atoms with Crippen LogP contribution in [0.3, 0.4) is 0 Å². The van der Waals surface area contributed by atoms with Crippen LogP contribution in [0.1, 0.15) is 12.1 Å². The van der Waals surface area contributed by atoms with E-state index in [1.807, 2.05) is 38.2 Å². The highest BCUT2D eigenvalue weighted by Crippen LogP contribution is 2.29. The van der Waals surface area contributed by atoms with Crippen LogP contribution in [0.15, 0.2) is 60.8 Å². The predicted octanol–water partition coefficient (Wildman–Crippen LogP) is 2.62. The van der Waals surface area contributed by atoms with Gasteiger partial charge in [-0.3, -0.25) is 9.55 Å². The van der Waals surface area contributed by atoms with Crippen LogP contribution >= 0.6 is 0 Å². The third-order valence-electron chi connectivity index (χ3n) is 4.99. The molecule has 0 amide bonds. The Hall–Kier alpha value is -3.43. The summed E-state index contributed by atoms with van der Waals surface area (Å²) in [5.41, 5.74) is 4.14. The number of hydrogen-bond acceptors (Lipinski definition) is 6. The molecule has 0 aliphatic carbocycles. The van der Waals surface area contributed by atoms with Crippen molar-refractivity contribution >= 4 is 36.0 Å². The number of alkyl halides is 1. The molecule has 3 N–H and O–H groups in total. The molecule has 2 aromatic carbocycles. The Kier molecular flexibility index (Phi) is 6.98. The van der Waals surface area contributed by atoms with Crippen LogP contribution in [-0.2, 0) is 13.3 Å².